The molecule has 1 aliphatic heterocycles. The molecule has 9 nitrogen and oxygen atoms in total. The van der Waals surface area contributed by atoms with Gasteiger partial charge in [0.2, 0.25) is 0 Å². The maximum absolute atomic E-state index is 12.6. The highest BCUT2D eigenvalue weighted by molar-refractivity contribution is 5.96. The van der Waals surface area contributed by atoms with Crippen molar-refractivity contribution in [2.24, 2.45) is 0 Å². The molecule has 9 heteroatoms. The maximum atomic E-state index is 12.6. The van der Waals surface area contributed by atoms with Gasteiger partial charge in [0.1, 0.15) is 23.9 Å². The molecule has 0 spiro atoms. The molecule has 0 unspecified atom stereocenters. The Morgan fingerprint density at radius 2 is 1.73 bits per heavy atom. The summed E-state index contributed by atoms with van der Waals surface area (Å²) in [6, 6.07) is 8.50. The van der Waals surface area contributed by atoms with Crippen molar-refractivity contribution in [1.82, 2.24) is 4.90 Å². The van der Waals surface area contributed by atoms with E-state index in [2.05, 4.69) is 5.32 Å². The molecule has 0 bridgehead atoms. The molecule has 1 fully saturated rings. The zero-order valence-corrected chi connectivity index (χ0v) is 13.7. The van der Waals surface area contributed by atoms with Crippen molar-refractivity contribution in [2.45, 2.75) is 19.3 Å². The van der Waals surface area contributed by atoms with Crippen LogP contribution in [0.5, 0.6) is 0 Å². The van der Waals surface area contributed by atoms with Gasteiger partial charge in [-0.3, -0.25) is 14.9 Å². The largest absolute Gasteiger partial charge is 0.345 e. The molecule has 130 valence electrons. The number of nitriles is 3. The number of benzene rings is 1. The number of hydrogen-bond acceptors (Lipinski definition) is 7. The number of non-ortho nitro benzene ring substituents is 1. The van der Waals surface area contributed by atoms with E-state index in [9.17, 15) is 14.9 Å². The van der Waals surface area contributed by atoms with Crippen LogP contribution in [0.15, 0.2) is 29.5 Å². The Kier molecular flexibility index (Phi) is 5.87. The van der Waals surface area contributed by atoms with Crippen LogP contribution in [0, 0.1) is 44.1 Å². The van der Waals surface area contributed by atoms with Crippen molar-refractivity contribution in [1.29, 1.82) is 15.8 Å². The summed E-state index contributed by atoms with van der Waals surface area (Å²) in [6.07, 6.45) is 2.79. The SMILES string of the molecule is N#CC(C#N)=C(C#N)Nc1cc(C(=O)N2CCCCC2)cc([N+](=O)[O-])c1. The highest BCUT2D eigenvalue weighted by atomic mass is 16.6. The number of anilines is 1. The molecule has 1 aromatic rings. The standard InChI is InChI=1S/C17H14N6O3/c18-9-13(10-19)16(11-20)21-14-6-12(7-15(8-14)23(25)26)17(24)22-4-2-1-3-5-22/h6-8,21H,1-5H2. The summed E-state index contributed by atoms with van der Waals surface area (Å²) in [7, 11) is 0. The van der Waals surface area contributed by atoms with Gasteiger partial charge in [0.15, 0.2) is 5.57 Å². The number of carbonyl (C=O) groups is 1. The van der Waals surface area contributed by atoms with Crippen LogP contribution in [0.4, 0.5) is 11.4 Å². The topological polar surface area (TPSA) is 147 Å². The molecule has 0 atom stereocenters. The number of piperidine rings is 1. The lowest BCUT2D eigenvalue weighted by Crippen LogP contribution is -2.35. The molecule has 1 amide bonds. The van der Waals surface area contributed by atoms with E-state index in [4.69, 9.17) is 15.8 Å². The van der Waals surface area contributed by atoms with Crippen molar-refractivity contribution < 1.29 is 9.72 Å². The smallest absolute Gasteiger partial charge is 0.272 e. The normalized spacial score (nSPS) is 12.9. The second-order valence-corrected chi connectivity index (χ2v) is 5.59. The van der Waals surface area contributed by atoms with Crippen molar-refractivity contribution in [2.75, 3.05) is 18.4 Å². The summed E-state index contributed by atoms with van der Waals surface area (Å²) in [5, 5.41) is 40.5. The van der Waals surface area contributed by atoms with Crippen LogP contribution in [0.3, 0.4) is 0 Å². The number of carbonyl (C=O) groups excluding carboxylic acids is 1. The van der Waals surface area contributed by atoms with Gasteiger partial charge < -0.3 is 10.2 Å². The molecule has 1 heterocycles. The van der Waals surface area contributed by atoms with E-state index in [-0.39, 0.29) is 28.5 Å². The lowest BCUT2D eigenvalue weighted by molar-refractivity contribution is -0.384. The Bertz CT molecular complexity index is 879. The average molecular weight is 350 g/mol. The average Bonchev–Trinajstić information content (AvgIpc) is 2.67. The van der Waals surface area contributed by atoms with E-state index in [1.807, 2.05) is 0 Å². The number of likely N-dealkylation sites (tertiary alicyclic amines) is 1. The van der Waals surface area contributed by atoms with Crippen LogP contribution in [-0.2, 0) is 0 Å². The fraction of sp³-hybridized carbons (Fsp3) is 0.294. The molecular weight excluding hydrogens is 336 g/mol. The molecule has 1 aromatic carbocycles. The number of nitrogens with one attached hydrogen (secondary N) is 1. The summed E-state index contributed by atoms with van der Waals surface area (Å²) >= 11 is 0. The van der Waals surface area contributed by atoms with Gasteiger partial charge in [-0.05, 0) is 25.3 Å². The van der Waals surface area contributed by atoms with Gasteiger partial charge >= 0.3 is 0 Å². The molecule has 26 heavy (non-hydrogen) atoms. The van der Waals surface area contributed by atoms with Crippen LogP contribution < -0.4 is 5.32 Å². The lowest BCUT2D eigenvalue weighted by atomic mass is 10.1. The third-order valence-electron chi connectivity index (χ3n) is 3.87. The van der Waals surface area contributed by atoms with E-state index in [1.165, 1.54) is 12.1 Å². The Morgan fingerprint density at radius 1 is 1.08 bits per heavy atom. The monoisotopic (exact) mass is 350 g/mol. The summed E-state index contributed by atoms with van der Waals surface area (Å²) < 4.78 is 0. The lowest BCUT2D eigenvalue weighted by Gasteiger charge is -2.26. The third-order valence-corrected chi connectivity index (χ3v) is 3.87. The number of rotatable bonds is 4. The van der Waals surface area contributed by atoms with Crippen LogP contribution in [0.25, 0.3) is 0 Å². The van der Waals surface area contributed by atoms with Crippen molar-refractivity contribution in [3.8, 4) is 18.2 Å². The fourth-order valence-electron chi connectivity index (χ4n) is 2.62. The number of hydrogen-bond donors (Lipinski definition) is 1. The van der Waals surface area contributed by atoms with Crippen LogP contribution in [0.1, 0.15) is 29.6 Å². The Hall–Kier alpha value is -3.90. The maximum Gasteiger partial charge on any atom is 0.272 e. The van der Waals surface area contributed by atoms with Crippen LogP contribution in [-0.4, -0.2) is 28.8 Å². The van der Waals surface area contributed by atoms with Gasteiger partial charge in [-0.1, -0.05) is 0 Å². The second kappa shape index (κ2) is 8.27. The molecular formula is C17H14N6O3. The van der Waals surface area contributed by atoms with Crippen molar-refractivity contribution >= 4 is 17.3 Å². The minimum atomic E-state index is -0.649. The number of allylic oxidation sites excluding steroid dienone is 2. The molecule has 0 aliphatic carbocycles. The van der Waals surface area contributed by atoms with E-state index < -0.39 is 10.5 Å². The Balaban J connectivity index is 2.43. The molecule has 0 aromatic heterocycles. The molecule has 1 N–H and O–H groups in total. The summed E-state index contributed by atoms with van der Waals surface area (Å²) in [6.45, 7) is 1.17. The summed E-state index contributed by atoms with van der Waals surface area (Å²) in [5.41, 5.74) is -0.937. The van der Waals surface area contributed by atoms with Gasteiger partial charge in [-0.2, -0.15) is 15.8 Å². The molecule has 0 radical (unpaired) electrons. The first-order valence-electron chi connectivity index (χ1n) is 7.80. The molecule has 1 saturated heterocycles. The molecule has 1 aliphatic rings. The van der Waals surface area contributed by atoms with Gasteiger partial charge in [-0.25, -0.2) is 0 Å². The highest BCUT2D eigenvalue weighted by Crippen LogP contribution is 2.24. The first-order valence-corrected chi connectivity index (χ1v) is 7.80. The van der Waals surface area contributed by atoms with E-state index in [0.29, 0.717) is 13.1 Å². The predicted octanol–water partition coefficient (Wildman–Crippen LogP) is 2.46. The first kappa shape index (κ1) is 18.4. The first-order chi connectivity index (χ1) is 12.5. The highest BCUT2D eigenvalue weighted by Gasteiger charge is 2.22. The van der Waals surface area contributed by atoms with Crippen molar-refractivity contribution in [3.05, 3.63) is 45.1 Å². The van der Waals surface area contributed by atoms with Crippen LogP contribution in [0.2, 0.25) is 0 Å². The fourth-order valence-corrected chi connectivity index (χ4v) is 2.62. The zero-order valence-electron chi connectivity index (χ0n) is 13.7. The Labute approximate surface area is 149 Å². The molecule has 0 saturated carbocycles. The number of nitro benzene ring substituents is 1. The molecule has 2 rings (SSSR count). The van der Waals surface area contributed by atoms with E-state index >= 15 is 0 Å². The Morgan fingerprint density at radius 3 is 2.27 bits per heavy atom. The second-order valence-electron chi connectivity index (χ2n) is 5.59. The van der Waals surface area contributed by atoms with Crippen molar-refractivity contribution in [3.63, 3.8) is 0 Å². The van der Waals surface area contributed by atoms with E-state index in [0.717, 1.165) is 25.3 Å². The van der Waals surface area contributed by atoms with Gasteiger partial charge in [0.05, 0.1) is 4.92 Å². The summed E-state index contributed by atoms with van der Waals surface area (Å²) in [5.74, 6) is -0.334. The number of nitrogens with zero attached hydrogens (tertiary/aromatic N) is 5. The number of amides is 1. The van der Waals surface area contributed by atoms with Crippen LogP contribution >= 0.6 is 0 Å². The third kappa shape index (κ3) is 4.14. The van der Waals surface area contributed by atoms with E-state index in [1.54, 1.807) is 23.1 Å². The quantitative estimate of drug-likeness (QED) is 0.498. The predicted molar refractivity (Wildman–Crippen MR) is 90.3 cm³/mol. The van der Waals surface area contributed by atoms with Gasteiger partial charge in [0, 0.05) is 36.5 Å². The van der Waals surface area contributed by atoms with Gasteiger partial charge in [-0.15, -0.1) is 0 Å². The minimum Gasteiger partial charge on any atom is -0.345 e. The number of nitro groups is 1. The minimum absolute atomic E-state index is 0.0825. The summed E-state index contributed by atoms with van der Waals surface area (Å²) in [4.78, 5) is 24.8. The zero-order chi connectivity index (χ0) is 19.1. The van der Waals surface area contributed by atoms with Gasteiger partial charge in [0.25, 0.3) is 11.6 Å².